The lowest BCUT2D eigenvalue weighted by molar-refractivity contribution is 0.210. The Labute approximate surface area is 81.4 Å². The molecular formula is C9H17NO2S. The first-order valence-electron chi connectivity index (χ1n) is 4.67. The van der Waals surface area contributed by atoms with E-state index < -0.39 is 10.7 Å². The Balaban J connectivity index is 2.26. The standard InChI is InChI=1S/C9H17NO2S/c1-2-3-9-4-6-10(7-5-9)8-13(11)12/h2,9,13H,1,3-8H2. The normalized spacial score (nSPS) is 20.7. The summed E-state index contributed by atoms with van der Waals surface area (Å²) >= 11 is 0. The predicted octanol–water partition coefficient (Wildman–Crippen LogP) is 0.843. The third kappa shape index (κ3) is 3.91. The highest BCUT2D eigenvalue weighted by atomic mass is 32.2. The van der Waals surface area contributed by atoms with Crippen molar-refractivity contribution in [1.82, 2.24) is 4.90 Å². The van der Waals surface area contributed by atoms with Crippen molar-refractivity contribution < 1.29 is 8.42 Å². The fourth-order valence-electron chi connectivity index (χ4n) is 1.76. The minimum absolute atomic E-state index is 0.232. The lowest BCUT2D eigenvalue weighted by Crippen LogP contribution is -2.34. The monoisotopic (exact) mass is 203 g/mol. The van der Waals surface area contributed by atoms with E-state index in [2.05, 4.69) is 6.58 Å². The number of nitrogens with zero attached hydrogens (tertiary/aromatic N) is 1. The Hall–Kier alpha value is -0.350. The second kappa shape index (κ2) is 5.40. The first-order valence-corrected chi connectivity index (χ1v) is 6.03. The molecule has 4 heteroatoms. The Kier molecular flexibility index (Phi) is 4.45. The van der Waals surface area contributed by atoms with Crippen LogP contribution in [0.5, 0.6) is 0 Å². The number of piperidine rings is 1. The van der Waals surface area contributed by atoms with Gasteiger partial charge in [0.1, 0.15) is 0 Å². The van der Waals surface area contributed by atoms with Crippen molar-refractivity contribution in [2.24, 2.45) is 5.92 Å². The molecule has 0 aromatic carbocycles. The summed E-state index contributed by atoms with van der Waals surface area (Å²) < 4.78 is 20.9. The number of rotatable bonds is 4. The molecule has 13 heavy (non-hydrogen) atoms. The van der Waals surface area contributed by atoms with Gasteiger partial charge < -0.3 is 0 Å². The molecule has 0 amide bonds. The van der Waals surface area contributed by atoms with Crippen molar-refractivity contribution in [3.05, 3.63) is 12.7 Å². The fraction of sp³-hybridized carbons (Fsp3) is 0.778. The van der Waals surface area contributed by atoms with Crippen LogP contribution in [0.25, 0.3) is 0 Å². The number of hydrogen-bond donors (Lipinski definition) is 1. The molecule has 76 valence electrons. The maximum Gasteiger partial charge on any atom is 0.153 e. The summed E-state index contributed by atoms with van der Waals surface area (Å²) in [5.41, 5.74) is 0. The van der Waals surface area contributed by atoms with Crippen LogP contribution in [0.2, 0.25) is 0 Å². The predicted molar refractivity (Wildman–Crippen MR) is 54.3 cm³/mol. The van der Waals surface area contributed by atoms with E-state index in [1.54, 1.807) is 0 Å². The molecule has 1 rings (SSSR count). The molecule has 0 bridgehead atoms. The molecule has 0 atom stereocenters. The molecule has 3 nitrogen and oxygen atoms in total. The zero-order valence-electron chi connectivity index (χ0n) is 7.82. The Bertz CT molecular complexity index is 222. The van der Waals surface area contributed by atoms with Crippen LogP contribution in [0.1, 0.15) is 19.3 Å². The van der Waals surface area contributed by atoms with Crippen LogP contribution in [0.3, 0.4) is 0 Å². The molecule has 0 aromatic heterocycles. The average molecular weight is 203 g/mol. The Morgan fingerprint density at radius 2 is 2.00 bits per heavy atom. The van der Waals surface area contributed by atoms with Gasteiger partial charge in [0.15, 0.2) is 10.7 Å². The van der Waals surface area contributed by atoms with Crippen LogP contribution >= 0.6 is 0 Å². The van der Waals surface area contributed by atoms with Crippen molar-refractivity contribution in [3.63, 3.8) is 0 Å². The highest BCUT2D eigenvalue weighted by molar-refractivity contribution is 7.72. The van der Waals surface area contributed by atoms with Crippen molar-refractivity contribution in [2.45, 2.75) is 19.3 Å². The van der Waals surface area contributed by atoms with Crippen LogP contribution in [0.4, 0.5) is 0 Å². The molecule has 0 aliphatic carbocycles. The van der Waals surface area contributed by atoms with E-state index in [0.717, 1.165) is 38.3 Å². The van der Waals surface area contributed by atoms with E-state index in [9.17, 15) is 8.42 Å². The molecule has 0 radical (unpaired) electrons. The largest absolute Gasteiger partial charge is 0.290 e. The highest BCUT2D eigenvalue weighted by Crippen LogP contribution is 2.20. The van der Waals surface area contributed by atoms with E-state index >= 15 is 0 Å². The summed E-state index contributed by atoms with van der Waals surface area (Å²) in [7, 11) is -2.24. The topological polar surface area (TPSA) is 37.4 Å². The lowest BCUT2D eigenvalue weighted by Gasteiger charge is -2.29. The molecule has 0 aromatic rings. The molecule has 0 saturated carbocycles. The van der Waals surface area contributed by atoms with Crippen LogP contribution < -0.4 is 0 Å². The van der Waals surface area contributed by atoms with E-state index in [4.69, 9.17) is 0 Å². The first kappa shape index (κ1) is 10.7. The number of likely N-dealkylation sites (tertiary alicyclic amines) is 1. The summed E-state index contributed by atoms with van der Waals surface area (Å²) in [5.74, 6) is 0.953. The second-order valence-corrected chi connectivity index (χ2v) is 4.51. The minimum Gasteiger partial charge on any atom is -0.290 e. The zero-order chi connectivity index (χ0) is 9.68. The molecule has 0 spiro atoms. The molecule has 1 saturated heterocycles. The van der Waals surface area contributed by atoms with E-state index in [1.165, 1.54) is 0 Å². The van der Waals surface area contributed by atoms with Gasteiger partial charge in [-0.15, -0.1) is 6.58 Å². The van der Waals surface area contributed by atoms with Crippen LogP contribution in [-0.4, -0.2) is 32.3 Å². The molecule has 1 heterocycles. The van der Waals surface area contributed by atoms with E-state index in [0.29, 0.717) is 0 Å². The van der Waals surface area contributed by atoms with Gasteiger partial charge in [-0.2, -0.15) is 0 Å². The average Bonchev–Trinajstić information content (AvgIpc) is 2.08. The number of allylic oxidation sites excluding steroid dienone is 1. The number of thiol groups is 1. The molecule has 1 aliphatic rings. The Morgan fingerprint density at radius 3 is 2.46 bits per heavy atom. The highest BCUT2D eigenvalue weighted by Gasteiger charge is 2.17. The quantitative estimate of drug-likeness (QED) is 0.543. The van der Waals surface area contributed by atoms with Gasteiger partial charge in [0.05, 0.1) is 5.88 Å². The summed E-state index contributed by atoms with van der Waals surface area (Å²) in [4.78, 5) is 2.01. The first-order chi connectivity index (χ1) is 6.22. The maximum atomic E-state index is 10.5. The van der Waals surface area contributed by atoms with Crippen molar-refractivity contribution in [2.75, 3.05) is 19.0 Å². The third-order valence-electron chi connectivity index (χ3n) is 2.52. The second-order valence-electron chi connectivity index (χ2n) is 3.56. The molecule has 0 N–H and O–H groups in total. The zero-order valence-corrected chi connectivity index (χ0v) is 8.71. The minimum atomic E-state index is -2.24. The molecule has 1 fully saturated rings. The fourth-order valence-corrected chi connectivity index (χ4v) is 2.37. The van der Waals surface area contributed by atoms with Crippen LogP contribution in [-0.2, 0) is 10.7 Å². The Morgan fingerprint density at radius 1 is 1.38 bits per heavy atom. The van der Waals surface area contributed by atoms with Gasteiger partial charge in [-0.25, -0.2) is 8.42 Å². The van der Waals surface area contributed by atoms with Crippen molar-refractivity contribution in [1.29, 1.82) is 0 Å². The molecule has 0 unspecified atom stereocenters. The summed E-state index contributed by atoms with van der Waals surface area (Å²) in [6.07, 6.45) is 5.23. The van der Waals surface area contributed by atoms with Gasteiger partial charge in [0, 0.05) is 0 Å². The molecule has 1 aliphatic heterocycles. The van der Waals surface area contributed by atoms with Gasteiger partial charge in [-0.05, 0) is 38.3 Å². The van der Waals surface area contributed by atoms with E-state index in [-0.39, 0.29) is 5.88 Å². The van der Waals surface area contributed by atoms with Gasteiger partial charge in [-0.3, -0.25) is 4.90 Å². The maximum absolute atomic E-state index is 10.5. The summed E-state index contributed by atoms with van der Waals surface area (Å²) in [6.45, 7) is 5.55. The van der Waals surface area contributed by atoms with Gasteiger partial charge >= 0.3 is 0 Å². The van der Waals surface area contributed by atoms with Crippen LogP contribution in [0, 0.1) is 5.92 Å². The van der Waals surface area contributed by atoms with Crippen LogP contribution in [0.15, 0.2) is 12.7 Å². The number of hydrogen-bond acceptors (Lipinski definition) is 3. The SMILES string of the molecule is C=CCC1CCN(C[SH](=O)=O)CC1. The van der Waals surface area contributed by atoms with Gasteiger partial charge in [-0.1, -0.05) is 6.08 Å². The molecular weight excluding hydrogens is 186 g/mol. The van der Waals surface area contributed by atoms with Crippen molar-refractivity contribution >= 4 is 10.7 Å². The smallest absolute Gasteiger partial charge is 0.153 e. The van der Waals surface area contributed by atoms with Gasteiger partial charge in [0.25, 0.3) is 0 Å². The third-order valence-corrected chi connectivity index (χ3v) is 3.15. The summed E-state index contributed by atoms with van der Waals surface area (Å²) in [5, 5.41) is 0. The van der Waals surface area contributed by atoms with Gasteiger partial charge in [0.2, 0.25) is 0 Å². The summed E-state index contributed by atoms with van der Waals surface area (Å²) in [6, 6.07) is 0. The lowest BCUT2D eigenvalue weighted by atomic mass is 9.94. The van der Waals surface area contributed by atoms with E-state index in [1.807, 2.05) is 11.0 Å². The van der Waals surface area contributed by atoms with Crippen molar-refractivity contribution in [3.8, 4) is 0 Å².